The van der Waals surface area contributed by atoms with Gasteiger partial charge in [-0.15, -0.1) is 0 Å². The molecule has 0 saturated carbocycles. The van der Waals surface area contributed by atoms with Crippen LogP contribution in [-0.4, -0.2) is 56.0 Å². The highest BCUT2D eigenvalue weighted by molar-refractivity contribution is 5.88. The predicted molar refractivity (Wildman–Crippen MR) is 113 cm³/mol. The van der Waals surface area contributed by atoms with E-state index >= 15 is 0 Å². The normalized spacial score (nSPS) is 18.5. The third-order valence-corrected chi connectivity index (χ3v) is 5.12. The standard InChI is InChI=1S/C22H29N3O6/c1-4-17-19(20(26)29-5-2)24-21(31-17)25-12-11-16(18(13-25)28-3)23-22(27)30-14-15-9-7-6-8-10-15/h6-10,16,18H,4-5,11-14H2,1-3H3,(H,23,27)/t16-,18+/m0/s1. The predicted octanol–water partition coefficient (Wildman–Crippen LogP) is 2.93. The Bertz CT molecular complexity index is 869. The van der Waals surface area contributed by atoms with Gasteiger partial charge in [-0.25, -0.2) is 9.59 Å². The van der Waals surface area contributed by atoms with Crippen LogP contribution in [0.5, 0.6) is 0 Å². The number of nitrogens with one attached hydrogen (secondary N) is 1. The van der Waals surface area contributed by atoms with Gasteiger partial charge in [0.1, 0.15) is 12.4 Å². The molecule has 1 aliphatic rings. The van der Waals surface area contributed by atoms with Gasteiger partial charge in [-0.05, 0) is 18.9 Å². The summed E-state index contributed by atoms with van der Waals surface area (Å²) in [4.78, 5) is 30.6. The second-order valence-corrected chi connectivity index (χ2v) is 7.16. The van der Waals surface area contributed by atoms with Crippen LogP contribution in [0.25, 0.3) is 0 Å². The minimum Gasteiger partial charge on any atom is -0.461 e. The second kappa shape index (κ2) is 10.8. The van der Waals surface area contributed by atoms with Gasteiger partial charge in [-0.1, -0.05) is 37.3 Å². The summed E-state index contributed by atoms with van der Waals surface area (Å²) in [6.07, 6.45) is 0.358. The molecule has 168 valence electrons. The summed E-state index contributed by atoms with van der Waals surface area (Å²) in [5, 5.41) is 2.89. The van der Waals surface area contributed by atoms with E-state index in [-0.39, 0.29) is 31.1 Å². The van der Waals surface area contributed by atoms with Crippen LogP contribution in [0.3, 0.4) is 0 Å². The monoisotopic (exact) mass is 431 g/mol. The Morgan fingerprint density at radius 1 is 1.23 bits per heavy atom. The molecule has 1 amide bonds. The number of anilines is 1. The zero-order valence-corrected chi connectivity index (χ0v) is 18.1. The molecule has 2 heterocycles. The zero-order valence-electron chi connectivity index (χ0n) is 18.1. The Hall–Kier alpha value is -3.07. The number of methoxy groups -OCH3 is 1. The van der Waals surface area contributed by atoms with Gasteiger partial charge in [-0.2, -0.15) is 4.98 Å². The number of hydrogen-bond acceptors (Lipinski definition) is 8. The van der Waals surface area contributed by atoms with Crippen molar-refractivity contribution in [3.05, 3.63) is 47.3 Å². The summed E-state index contributed by atoms with van der Waals surface area (Å²) in [7, 11) is 1.59. The lowest BCUT2D eigenvalue weighted by molar-refractivity contribution is 0.0516. The summed E-state index contributed by atoms with van der Waals surface area (Å²) in [5.74, 6) is 0.00232. The molecule has 0 aliphatic carbocycles. The molecule has 31 heavy (non-hydrogen) atoms. The first-order valence-electron chi connectivity index (χ1n) is 10.5. The smallest absolute Gasteiger partial charge is 0.407 e. The topological polar surface area (TPSA) is 103 Å². The average molecular weight is 431 g/mol. The number of nitrogens with zero attached hydrogens (tertiary/aromatic N) is 2. The van der Waals surface area contributed by atoms with Crippen molar-refractivity contribution < 1.29 is 28.2 Å². The van der Waals surface area contributed by atoms with Crippen molar-refractivity contribution in [3.8, 4) is 0 Å². The zero-order chi connectivity index (χ0) is 22.2. The van der Waals surface area contributed by atoms with Crippen LogP contribution >= 0.6 is 0 Å². The minimum absolute atomic E-state index is 0.204. The first kappa shape index (κ1) is 22.6. The molecule has 2 atom stereocenters. The van der Waals surface area contributed by atoms with Gasteiger partial charge in [0.05, 0.1) is 25.3 Å². The molecule has 0 bridgehead atoms. The van der Waals surface area contributed by atoms with Crippen LogP contribution in [0.1, 0.15) is 42.1 Å². The number of oxazole rings is 1. The number of piperidine rings is 1. The molecular formula is C22H29N3O6. The molecule has 1 aliphatic heterocycles. The lowest BCUT2D eigenvalue weighted by atomic mass is 10.0. The fourth-order valence-electron chi connectivity index (χ4n) is 3.48. The molecule has 1 N–H and O–H groups in total. The Kier molecular flexibility index (Phi) is 7.88. The first-order valence-corrected chi connectivity index (χ1v) is 10.5. The van der Waals surface area contributed by atoms with E-state index in [1.165, 1.54) is 0 Å². The number of alkyl carbamates (subject to hydrolysis) is 1. The molecule has 2 aromatic rings. The van der Waals surface area contributed by atoms with E-state index in [0.29, 0.717) is 37.7 Å². The summed E-state index contributed by atoms with van der Waals surface area (Å²) in [6.45, 7) is 5.14. The molecule has 0 spiro atoms. The van der Waals surface area contributed by atoms with Crippen LogP contribution < -0.4 is 10.2 Å². The Balaban J connectivity index is 1.59. The van der Waals surface area contributed by atoms with Crippen molar-refractivity contribution in [2.45, 2.75) is 45.4 Å². The highest BCUT2D eigenvalue weighted by Gasteiger charge is 2.34. The maximum absolute atomic E-state index is 12.2. The van der Waals surface area contributed by atoms with Crippen LogP contribution in [0, 0.1) is 0 Å². The number of carbonyl (C=O) groups is 2. The van der Waals surface area contributed by atoms with Crippen molar-refractivity contribution in [1.82, 2.24) is 10.3 Å². The molecule has 0 radical (unpaired) electrons. The summed E-state index contributed by atoms with van der Waals surface area (Å²) in [6, 6.07) is 9.64. The second-order valence-electron chi connectivity index (χ2n) is 7.16. The van der Waals surface area contributed by atoms with Gasteiger partial charge in [0.15, 0.2) is 5.69 Å². The molecular weight excluding hydrogens is 402 g/mol. The number of hydrogen-bond donors (Lipinski definition) is 1. The number of aryl methyl sites for hydroxylation is 1. The number of ether oxygens (including phenoxy) is 3. The van der Waals surface area contributed by atoms with Crippen molar-refractivity contribution >= 4 is 18.1 Å². The molecule has 0 unspecified atom stereocenters. The maximum atomic E-state index is 12.2. The molecule has 9 heteroatoms. The number of aromatic nitrogens is 1. The summed E-state index contributed by atoms with van der Waals surface area (Å²) in [5.41, 5.74) is 1.13. The highest BCUT2D eigenvalue weighted by Crippen LogP contribution is 2.25. The summed E-state index contributed by atoms with van der Waals surface area (Å²) >= 11 is 0. The van der Waals surface area contributed by atoms with E-state index in [1.54, 1.807) is 14.0 Å². The van der Waals surface area contributed by atoms with Crippen molar-refractivity contribution in [3.63, 3.8) is 0 Å². The number of esters is 1. The van der Waals surface area contributed by atoms with Gasteiger partial charge in [-0.3, -0.25) is 0 Å². The highest BCUT2D eigenvalue weighted by atomic mass is 16.5. The lowest BCUT2D eigenvalue weighted by Gasteiger charge is -2.37. The maximum Gasteiger partial charge on any atom is 0.407 e. The van der Waals surface area contributed by atoms with Crippen LogP contribution in [0.4, 0.5) is 10.8 Å². The van der Waals surface area contributed by atoms with Crippen LogP contribution in [0.2, 0.25) is 0 Å². The first-order chi connectivity index (χ1) is 15.0. The number of amides is 1. The summed E-state index contributed by atoms with van der Waals surface area (Å²) < 4.78 is 21.8. The molecule has 1 aromatic carbocycles. The number of benzene rings is 1. The molecule has 1 aromatic heterocycles. The van der Waals surface area contributed by atoms with Crippen LogP contribution in [-0.2, 0) is 27.2 Å². The van der Waals surface area contributed by atoms with Crippen molar-refractivity contribution in [1.29, 1.82) is 0 Å². The molecule has 1 saturated heterocycles. The largest absolute Gasteiger partial charge is 0.461 e. The SMILES string of the molecule is CCOC(=O)c1nc(N2CC[C@H](NC(=O)OCc3ccccc3)[C@H](OC)C2)oc1CC. The van der Waals surface area contributed by atoms with E-state index in [2.05, 4.69) is 10.3 Å². The Morgan fingerprint density at radius 2 is 2.00 bits per heavy atom. The van der Waals surface area contributed by atoms with E-state index in [1.807, 2.05) is 42.2 Å². The van der Waals surface area contributed by atoms with E-state index < -0.39 is 12.1 Å². The molecule has 9 nitrogen and oxygen atoms in total. The van der Waals surface area contributed by atoms with Crippen LogP contribution in [0.15, 0.2) is 34.7 Å². The fourth-order valence-corrected chi connectivity index (χ4v) is 3.48. The quantitative estimate of drug-likeness (QED) is 0.637. The third kappa shape index (κ3) is 5.75. The Morgan fingerprint density at radius 3 is 2.68 bits per heavy atom. The van der Waals surface area contributed by atoms with Crippen molar-refractivity contribution in [2.75, 3.05) is 31.7 Å². The minimum atomic E-state index is -0.490. The van der Waals surface area contributed by atoms with Gasteiger partial charge in [0.2, 0.25) is 0 Å². The Labute approximate surface area is 181 Å². The number of carbonyl (C=O) groups excluding carboxylic acids is 2. The van der Waals surface area contributed by atoms with Gasteiger partial charge < -0.3 is 28.8 Å². The van der Waals surface area contributed by atoms with E-state index in [4.69, 9.17) is 18.6 Å². The van der Waals surface area contributed by atoms with E-state index in [9.17, 15) is 9.59 Å². The molecule has 1 fully saturated rings. The van der Waals surface area contributed by atoms with Gasteiger partial charge >= 0.3 is 12.1 Å². The molecule has 3 rings (SSSR count). The fraction of sp³-hybridized carbons (Fsp3) is 0.500. The van der Waals surface area contributed by atoms with E-state index in [0.717, 1.165) is 5.56 Å². The number of rotatable bonds is 8. The average Bonchev–Trinajstić information content (AvgIpc) is 3.23. The van der Waals surface area contributed by atoms with Crippen molar-refractivity contribution in [2.24, 2.45) is 0 Å². The third-order valence-electron chi connectivity index (χ3n) is 5.12. The lowest BCUT2D eigenvalue weighted by Crippen LogP contribution is -2.55. The van der Waals surface area contributed by atoms with Gasteiger partial charge in [0.25, 0.3) is 6.01 Å². The van der Waals surface area contributed by atoms with Gasteiger partial charge in [0, 0.05) is 20.1 Å².